The van der Waals surface area contributed by atoms with Gasteiger partial charge in [-0.1, -0.05) is 0 Å². The van der Waals surface area contributed by atoms with Crippen molar-refractivity contribution >= 4 is 55.6 Å². The van der Waals surface area contributed by atoms with Crippen molar-refractivity contribution < 1.29 is 13.2 Å². The van der Waals surface area contributed by atoms with Crippen LogP contribution in [0.4, 0.5) is 13.2 Å². The molecule has 82 valence electrons. The standard InChI is InChI=1S/C6H4Br2F3NS.ClH/c7-2-1-3(13-5(2)8)4(12)6(9,10)11;/h1,4H,12H2;1H/t4-;/m1./s1. The van der Waals surface area contributed by atoms with E-state index in [2.05, 4.69) is 31.9 Å². The SMILES string of the molecule is Cl.N[C@H](c1cc(Br)c(Br)s1)C(F)(F)F. The summed E-state index contributed by atoms with van der Waals surface area (Å²) in [6, 6.07) is -0.535. The summed E-state index contributed by atoms with van der Waals surface area (Å²) in [5.41, 5.74) is 5.00. The lowest BCUT2D eigenvalue weighted by molar-refractivity contribution is -0.148. The van der Waals surface area contributed by atoms with Crippen molar-refractivity contribution in [2.75, 3.05) is 0 Å². The summed E-state index contributed by atoms with van der Waals surface area (Å²) in [7, 11) is 0. The highest BCUT2D eigenvalue weighted by atomic mass is 79.9. The van der Waals surface area contributed by atoms with Crippen molar-refractivity contribution in [3.05, 3.63) is 19.2 Å². The molecule has 1 heterocycles. The number of alkyl halides is 3. The van der Waals surface area contributed by atoms with Gasteiger partial charge in [-0.05, 0) is 37.9 Å². The second kappa shape index (κ2) is 5.16. The summed E-state index contributed by atoms with van der Waals surface area (Å²) in [6.07, 6.45) is -4.39. The van der Waals surface area contributed by atoms with Crippen LogP contribution in [0, 0.1) is 0 Å². The zero-order valence-corrected chi connectivity index (χ0v) is 11.2. The van der Waals surface area contributed by atoms with Crippen molar-refractivity contribution in [3.8, 4) is 0 Å². The minimum absolute atomic E-state index is 0. The molecule has 0 spiro atoms. The molecule has 8 heteroatoms. The Morgan fingerprint density at radius 2 is 1.86 bits per heavy atom. The smallest absolute Gasteiger partial charge is 0.316 e. The second-order valence-corrected chi connectivity index (χ2v) is 5.55. The minimum atomic E-state index is -4.39. The third-order valence-corrected chi connectivity index (χ3v) is 4.66. The van der Waals surface area contributed by atoms with Gasteiger partial charge in [0.15, 0.2) is 0 Å². The number of halogens is 6. The fraction of sp³-hybridized carbons (Fsp3) is 0.333. The predicted octanol–water partition coefficient (Wildman–Crippen LogP) is 4.26. The summed E-state index contributed by atoms with van der Waals surface area (Å²) in [6.45, 7) is 0. The molecule has 2 N–H and O–H groups in total. The third kappa shape index (κ3) is 3.37. The Morgan fingerprint density at radius 1 is 1.36 bits per heavy atom. The Hall–Kier alpha value is 0.700. The molecular weight excluding hydrogens is 370 g/mol. The lowest BCUT2D eigenvalue weighted by Gasteiger charge is -2.12. The van der Waals surface area contributed by atoms with Crippen molar-refractivity contribution in [2.45, 2.75) is 12.2 Å². The molecule has 0 aliphatic heterocycles. The average Bonchev–Trinajstić information content (AvgIpc) is 2.29. The van der Waals surface area contributed by atoms with Gasteiger partial charge in [-0.15, -0.1) is 23.7 Å². The van der Waals surface area contributed by atoms with Gasteiger partial charge < -0.3 is 5.73 Å². The van der Waals surface area contributed by atoms with E-state index in [0.717, 1.165) is 11.3 Å². The van der Waals surface area contributed by atoms with E-state index in [1.165, 1.54) is 6.07 Å². The lowest BCUT2D eigenvalue weighted by atomic mass is 10.2. The lowest BCUT2D eigenvalue weighted by Crippen LogP contribution is -2.27. The molecule has 1 aromatic heterocycles. The van der Waals surface area contributed by atoms with Gasteiger partial charge in [0, 0.05) is 9.35 Å². The van der Waals surface area contributed by atoms with E-state index in [1.54, 1.807) is 0 Å². The number of hydrogen-bond acceptors (Lipinski definition) is 2. The fourth-order valence-electron chi connectivity index (χ4n) is 0.678. The summed E-state index contributed by atoms with van der Waals surface area (Å²) in [5, 5.41) is 0. The third-order valence-electron chi connectivity index (χ3n) is 1.32. The van der Waals surface area contributed by atoms with Gasteiger partial charge in [0.1, 0.15) is 6.04 Å². The molecule has 14 heavy (non-hydrogen) atoms. The number of nitrogens with two attached hydrogens (primary N) is 1. The van der Waals surface area contributed by atoms with Gasteiger partial charge in [0.05, 0.1) is 3.79 Å². The zero-order valence-electron chi connectivity index (χ0n) is 6.44. The monoisotopic (exact) mass is 373 g/mol. The normalized spacial score (nSPS) is 13.6. The Morgan fingerprint density at radius 3 is 2.14 bits per heavy atom. The highest BCUT2D eigenvalue weighted by molar-refractivity contribution is 9.13. The molecule has 0 fully saturated rings. The number of thiophene rings is 1. The summed E-state index contributed by atoms with van der Waals surface area (Å²) in [5.74, 6) is 0. The first-order valence-electron chi connectivity index (χ1n) is 3.09. The molecule has 0 aliphatic rings. The second-order valence-electron chi connectivity index (χ2n) is 2.29. The Balaban J connectivity index is 0.00000169. The van der Waals surface area contributed by atoms with E-state index in [4.69, 9.17) is 5.73 Å². The van der Waals surface area contributed by atoms with Gasteiger partial charge in [0.2, 0.25) is 0 Å². The van der Waals surface area contributed by atoms with Crippen LogP contribution in [0.1, 0.15) is 10.9 Å². The summed E-state index contributed by atoms with van der Waals surface area (Å²) in [4.78, 5) is 0.0891. The number of rotatable bonds is 1. The van der Waals surface area contributed by atoms with Crippen LogP contribution in [0.3, 0.4) is 0 Å². The van der Waals surface area contributed by atoms with E-state index in [9.17, 15) is 13.2 Å². The predicted molar refractivity (Wildman–Crippen MR) is 60.0 cm³/mol. The maximum absolute atomic E-state index is 12.1. The molecule has 0 bridgehead atoms. The molecule has 0 aliphatic carbocycles. The quantitative estimate of drug-likeness (QED) is 0.780. The zero-order chi connectivity index (χ0) is 10.2. The van der Waals surface area contributed by atoms with Crippen LogP contribution in [-0.2, 0) is 0 Å². The van der Waals surface area contributed by atoms with Crippen LogP contribution < -0.4 is 5.73 Å². The van der Waals surface area contributed by atoms with Crippen LogP contribution in [0.15, 0.2) is 14.3 Å². The molecule has 0 amide bonds. The highest BCUT2D eigenvalue weighted by Crippen LogP contribution is 2.39. The Bertz CT molecular complexity index is 295. The molecule has 0 radical (unpaired) electrons. The highest BCUT2D eigenvalue weighted by Gasteiger charge is 2.39. The first-order valence-corrected chi connectivity index (χ1v) is 5.49. The van der Waals surface area contributed by atoms with Crippen molar-refractivity contribution in [1.82, 2.24) is 0 Å². The average molecular weight is 375 g/mol. The Kier molecular flexibility index (Phi) is 5.41. The minimum Gasteiger partial charge on any atom is -0.316 e. The molecule has 1 atom stereocenters. The van der Waals surface area contributed by atoms with Crippen LogP contribution in [0.25, 0.3) is 0 Å². The molecule has 0 unspecified atom stereocenters. The van der Waals surface area contributed by atoms with Crippen LogP contribution in [-0.4, -0.2) is 6.18 Å². The van der Waals surface area contributed by atoms with Gasteiger partial charge in [-0.2, -0.15) is 13.2 Å². The Labute approximate surface area is 106 Å². The molecule has 0 saturated carbocycles. The largest absolute Gasteiger partial charge is 0.408 e. The van der Waals surface area contributed by atoms with Crippen LogP contribution >= 0.6 is 55.6 Å². The fourth-order valence-corrected chi connectivity index (χ4v) is 2.79. The van der Waals surface area contributed by atoms with E-state index >= 15 is 0 Å². The first kappa shape index (κ1) is 14.7. The maximum Gasteiger partial charge on any atom is 0.408 e. The summed E-state index contributed by atoms with van der Waals surface area (Å²) >= 11 is 7.17. The molecule has 0 aromatic carbocycles. The van der Waals surface area contributed by atoms with Crippen LogP contribution in [0.2, 0.25) is 0 Å². The van der Waals surface area contributed by atoms with E-state index in [0.29, 0.717) is 8.26 Å². The van der Waals surface area contributed by atoms with Crippen molar-refractivity contribution in [2.24, 2.45) is 5.73 Å². The van der Waals surface area contributed by atoms with Gasteiger partial charge in [-0.25, -0.2) is 0 Å². The first-order chi connectivity index (χ1) is 5.82. The molecular formula is C6H5Br2ClF3NS. The molecule has 1 nitrogen and oxygen atoms in total. The van der Waals surface area contributed by atoms with Crippen molar-refractivity contribution in [1.29, 1.82) is 0 Å². The molecule has 1 aromatic rings. The summed E-state index contributed by atoms with van der Waals surface area (Å²) < 4.78 is 37.6. The van der Waals surface area contributed by atoms with E-state index in [-0.39, 0.29) is 17.3 Å². The van der Waals surface area contributed by atoms with Gasteiger partial charge >= 0.3 is 6.18 Å². The number of hydrogen-bond donors (Lipinski definition) is 1. The van der Waals surface area contributed by atoms with Crippen LogP contribution in [0.5, 0.6) is 0 Å². The molecule has 1 rings (SSSR count). The van der Waals surface area contributed by atoms with E-state index in [1.807, 2.05) is 0 Å². The van der Waals surface area contributed by atoms with Gasteiger partial charge in [-0.3, -0.25) is 0 Å². The maximum atomic E-state index is 12.1. The van der Waals surface area contributed by atoms with E-state index < -0.39 is 12.2 Å². The van der Waals surface area contributed by atoms with Crippen molar-refractivity contribution in [3.63, 3.8) is 0 Å². The topological polar surface area (TPSA) is 26.0 Å². The molecule has 0 saturated heterocycles. The van der Waals surface area contributed by atoms with Gasteiger partial charge in [0.25, 0.3) is 0 Å².